The smallest absolute Gasteiger partial charge is 0.410 e. The van der Waals surface area contributed by atoms with Crippen LogP contribution in [-0.4, -0.2) is 47.8 Å². The van der Waals surface area contributed by atoms with E-state index in [1.54, 1.807) is 4.90 Å². The van der Waals surface area contributed by atoms with Crippen LogP contribution in [0.2, 0.25) is 0 Å². The average Bonchev–Trinajstić information content (AvgIpc) is 2.45. The van der Waals surface area contributed by atoms with E-state index in [0.29, 0.717) is 0 Å². The van der Waals surface area contributed by atoms with Gasteiger partial charge in [0.1, 0.15) is 16.0 Å². The number of pyridine rings is 1. The zero-order valence-electron chi connectivity index (χ0n) is 13.7. The molecule has 1 aliphatic heterocycles. The summed E-state index contributed by atoms with van der Waals surface area (Å²) in [4.78, 5) is 20.6. The first-order chi connectivity index (χ1) is 10.3. The maximum atomic E-state index is 12.1. The molecule has 0 aromatic carbocycles. The van der Waals surface area contributed by atoms with E-state index >= 15 is 0 Å². The summed E-state index contributed by atoms with van der Waals surface area (Å²) in [5.41, 5.74) is -0.452. The fourth-order valence-corrected chi connectivity index (χ4v) is 2.87. The Labute approximate surface area is 140 Å². The zero-order chi connectivity index (χ0) is 16.3. The van der Waals surface area contributed by atoms with Gasteiger partial charge < -0.3 is 14.5 Å². The predicted octanol–water partition coefficient (Wildman–Crippen LogP) is 3.68. The first kappa shape index (κ1) is 17.1. The Morgan fingerprint density at radius 2 is 2.00 bits per heavy atom. The van der Waals surface area contributed by atoms with Crippen LogP contribution in [0, 0.1) is 0 Å². The average molecular weight is 370 g/mol. The zero-order valence-corrected chi connectivity index (χ0v) is 15.3. The van der Waals surface area contributed by atoms with Gasteiger partial charge in [-0.15, -0.1) is 0 Å². The van der Waals surface area contributed by atoms with Gasteiger partial charge in [-0.05, 0) is 61.7 Å². The lowest BCUT2D eigenvalue weighted by molar-refractivity contribution is 0.0201. The second-order valence-electron chi connectivity index (χ2n) is 6.63. The second-order valence-corrected chi connectivity index (χ2v) is 7.44. The molecule has 0 spiro atoms. The number of carbonyl (C=O) groups is 1. The molecule has 1 aliphatic rings. The summed E-state index contributed by atoms with van der Waals surface area (Å²) in [6, 6.07) is 6.15. The van der Waals surface area contributed by atoms with Crippen LogP contribution in [0.5, 0.6) is 0 Å². The van der Waals surface area contributed by atoms with E-state index in [1.807, 2.05) is 46.0 Å². The largest absolute Gasteiger partial charge is 0.444 e. The van der Waals surface area contributed by atoms with E-state index in [4.69, 9.17) is 4.74 Å². The summed E-state index contributed by atoms with van der Waals surface area (Å²) < 4.78 is 6.28. The molecule has 22 heavy (non-hydrogen) atoms. The van der Waals surface area contributed by atoms with E-state index in [-0.39, 0.29) is 12.1 Å². The summed E-state index contributed by atoms with van der Waals surface area (Å²) in [7, 11) is 1.83. The lowest BCUT2D eigenvalue weighted by atomic mass is 10.0. The molecular formula is C16H24BrN3O2. The molecule has 0 atom stereocenters. The number of piperidine rings is 1. The molecule has 0 radical (unpaired) electrons. The van der Waals surface area contributed by atoms with Gasteiger partial charge in [0.2, 0.25) is 0 Å². The highest BCUT2D eigenvalue weighted by molar-refractivity contribution is 9.10. The molecule has 0 unspecified atom stereocenters. The molecule has 1 amide bonds. The number of ether oxygens (including phenoxy) is 1. The Balaban J connectivity index is 1.90. The Morgan fingerprint density at radius 1 is 1.36 bits per heavy atom. The van der Waals surface area contributed by atoms with Crippen molar-refractivity contribution in [2.75, 3.05) is 25.0 Å². The lowest BCUT2D eigenvalue weighted by Crippen LogP contribution is -2.47. The topological polar surface area (TPSA) is 45.7 Å². The van der Waals surface area contributed by atoms with Gasteiger partial charge in [0, 0.05) is 26.2 Å². The third kappa shape index (κ3) is 4.60. The van der Waals surface area contributed by atoms with Crippen LogP contribution >= 0.6 is 15.9 Å². The van der Waals surface area contributed by atoms with Crippen LogP contribution < -0.4 is 4.90 Å². The van der Waals surface area contributed by atoms with E-state index < -0.39 is 5.60 Å². The minimum atomic E-state index is -0.452. The summed E-state index contributed by atoms with van der Waals surface area (Å²) in [5, 5.41) is 0. The normalized spacial score (nSPS) is 16.5. The van der Waals surface area contributed by atoms with Gasteiger partial charge in [-0.25, -0.2) is 9.78 Å². The number of hydrogen-bond donors (Lipinski definition) is 0. The van der Waals surface area contributed by atoms with Gasteiger partial charge in [-0.1, -0.05) is 6.07 Å². The Morgan fingerprint density at radius 3 is 2.55 bits per heavy atom. The van der Waals surface area contributed by atoms with Crippen LogP contribution in [-0.2, 0) is 4.74 Å². The lowest BCUT2D eigenvalue weighted by Gasteiger charge is -2.37. The molecule has 1 aromatic rings. The number of halogens is 1. The van der Waals surface area contributed by atoms with Crippen molar-refractivity contribution in [3.05, 3.63) is 22.8 Å². The molecule has 0 saturated carbocycles. The van der Waals surface area contributed by atoms with Gasteiger partial charge in [0.15, 0.2) is 0 Å². The summed E-state index contributed by atoms with van der Waals surface area (Å²) in [6.45, 7) is 7.45. The van der Waals surface area contributed by atoms with Crippen LogP contribution in [0.4, 0.5) is 10.6 Å². The summed E-state index contributed by atoms with van der Waals surface area (Å²) in [6.07, 6.45) is 1.60. The van der Waals surface area contributed by atoms with E-state index in [1.165, 1.54) is 0 Å². The maximum Gasteiger partial charge on any atom is 0.410 e. The molecule has 2 rings (SSSR count). The molecule has 5 nitrogen and oxygen atoms in total. The number of rotatable bonds is 2. The standard InChI is InChI=1S/C16H24BrN3O2/c1-16(2,3)22-15(21)19(4)12-8-10-20(11-9-12)14-7-5-6-13(17)18-14/h5-7,12H,8-11H2,1-4H3. The number of nitrogens with zero attached hydrogens (tertiary/aromatic N) is 3. The molecule has 0 bridgehead atoms. The molecular weight excluding hydrogens is 346 g/mol. The first-order valence-electron chi connectivity index (χ1n) is 7.59. The Kier molecular flexibility index (Phi) is 5.32. The van der Waals surface area contributed by atoms with Crippen molar-refractivity contribution in [3.63, 3.8) is 0 Å². The molecule has 1 saturated heterocycles. The number of anilines is 1. The predicted molar refractivity (Wildman–Crippen MR) is 91.2 cm³/mol. The van der Waals surface area contributed by atoms with Crippen molar-refractivity contribution in [3.8, 4) is 0 Å². The monoisotopic (exact) mass is 369 g/mol. The number of aromatic nitrogens is 1. The van der Waals surface area contributed by atoms with Crippen LogP contribution in [0.3, 0.4) is 0 Å². The van der Waals surface area contributed by atoms with E-state index in [2.05, 4.69) is 25.8 Å². The van der Waals surface area contributed by atoms with Crippen LogP contribution in [0.15, 0.2) is 22.8 Å². The second kappa shape index (κ2) is 6.86. The van der Waals surface area contributed by atoms with Crippen molar-refractivity contribution < 1.29 is 9.53 Å². The molecule has 0 aliphatic carbocycles. The Hall–Kier alpha value is -1.30. The molecule has 0 N–H and O–H groups in total. The minimum Gasteiger partial charge on any atom is -0.444 e. The minimum absolute atomic E-state index is 0.221. The highest BCUT2D eigenvalue weighted by Crippen LogP contribution is 2.23. The van der Waals surface area contributed by atoms with Crippen molar-refractivity contribution in [2.45, 2.75) is 45.3 Å². The van der Waals surface area contributed by atoms with Crippen molar-refractivity contribution in [1.29, 1.82) is 0 Å². The van der Waals surface area contributed by atoms with Crippen molar-refractivity contribution in [2.24, 2.45) is 0 Å². The summed E-state index contributed by atoms with van der Waals surface area (Å²) in [5.74, 6) is 0.979. The number of carbonyl (C=O) groups excluding carboxylic acids is 1. The van der Waals surface area contributed by atoms with Gasteiger partial charge in [0.05, 0.1) is 0 Å². The maximum absolute atomic E-state index is 12.1. The fourth-order valence-electron chi connectivity index (χ4n) is 2.54. The highest BCUT2D eigenvalue weighted by atomic mass is 79.9. The number of hydrogen-bond acceptors (Lipinski definition) is 4. The van der Waals surface area contributed by atoms with Crippen LogP contribution in [0.25, 0.3) is 0 Å². The third-order valence-corrected chi connectivity index (χ3v) is 4.16. The van der Waals surface area contributed by atoms with Gasteiger partial charge >= 0.3 is 6.09 Å². The Bertz CT molecular complexity index is 522. The van der Waals surface area contributed by atoms with Gasteiger partial charge in [-0.3, -0.25) is 0 Å². The molecule has 122 valence electrons. The molecule has 1 aromatic heterocycles. The third-order valence-electron chi connectivity index (χ3n) is 3.72. The van der Waals surface area contributed by atoms with Crippen LogP contribution in [0.1, 0.15) is 33.6 Å². The fraction of sp³-hybridized carbons (Fsp3) is 0.625. The van der Waals surface area contributed by atoms with E-state index in [9.17, 15) is 4.79 Å². The van der Waals surface area contributed by atoms with Crippen molar-refractivity contribution in [1.82, 2.24) is 9.88 Å². The molecule has 6 heteroatoms. The highest BCUT2D eigenvalue weighted by Gasteiger charge is 2.28. The van der Waals surface area contributed by atoms with Gasteiger partial charge in [-0.2, -0.15) is 0 Å². The van der Waals surface area contributed by atoms with Crippen molar-refractivity contribution >= 4 is 27.8 Å². The number of amides is 1. The SMILES string of the molecule is CN(C(=O)OC(C)(C)C)C1CCN(c2cccc(Br)n2)CC1. The quantitative estimate of drug-likeness (QED) is 0.745. The molecule has 1 fully saturated rings. The van der Waals surface area contributed by atoms with Gasteiger partial charge in [0.25, 0.3) is 0 Å². The summed E-state index contributed by atoms with van der Waals surface area (Å²) >= 11 is 3.40. The van der Waals surface area contributed by atoms with E-state index in [0.717, 1.165) is 36.4 Å². The molecule has 2 heterocycles. The first-order valence-corrected chi connectivity index (χ1v) is 8.39.